The van der Waals surface area contributed by atoms with E-state index in [0.29, 0.717) is 63.6 Å². The highest BCUT2D eigenvalue weighted by Crippen LogP contribution is 2.44. The van der Waals surface area contributed by atoms with Crippen LogP contribution < -0.4 is 23.8 Å². The quantitative estimate of drug-likeness (QED) is 0.239. The molecule has 0 aliphatic carbocycles. The summed E-state index contributed by atoms with van der Waals surface area (Å²) >= 11 is 13.0. The van der Waals surface area contributed by atoms with Crippen LogP contribution in [-0.4, -0.2) is 51.0 Å². The molecule has 3 aromatic carbocycles. The zero-order chi connectivity index (χ0) is 29.5. The van der Waals surface area contributed by atoms with Crippen LogP contribution in [0.15, 0.2) is 60.7 Å². The first-order chi connectivity index (χ1) is 19.8. The zero-order valence-electron chi connectivity index (χ0n) is 22.7. The number of fused-ring (bicyclic) bond motifs is 1. The lowest BCUT2D eigenvalue weighted by Crippen LogP contribution is -2.30. The first-order valence-electron chi connectivity index (χ1n) is 12.7. The van der Waals surface area contributed by atoms with Gasteiger partial charge in [0.2, 0.25) is 0 Å². The lowest BCUT2D eigenvalue weighted by atomic mass is 9.98. The van der Waals surface area contributed by atoms with Crippen LogP contribution >= 0.6 is 23.2 Å². The molecule has 1 unspecified atom stereocenters. The molecular formula is C30H29Cl2NO8. The number of hydrogen-bond donors (Lipinski definition) is 1. The maximum atomic E-state index is 13.6. The van der Waals surface area contributed by atoms with Crippen LogP contribution in [0.2, 0.25) is 10.0 Å². The van der Waals surface area contributed by atoms with E-state index in [9.17, 15) is 14.7 Å². The van der Waals surface area contributed by atoms with Crippen LogP contribution in [0.25, 0.3) is 0 Å². The number of carbonyl (C=O) groups excluding carboxylic acids is 2. The highest BCUT2D eigenvalue weighted by molar-refractivity contribution is 6.33. The fourth-order valence-electron chi connectivity index (χ4n) is 4.32. The predicted octanol–water partition coefficient (Wildman–Crippen LogP) is 5.52. The number of carbonyl (C=O) groups is 2. The second kappa shape index (κ2) is 13.6. The molecule has 0 spiro atoms. The summed E-state index contributed by atoms with van der Waals surface area (Å²) in [6, 6.07) is 13.2. The number of rotatable bonds is 10. The van der Waals surface area contributed by atoms with Crippen LogP contribution in [0.4, 0.5) is 5.69 Å². The second-order valence-electron chi connectivity index (χ2n) is 8.79. The van der Waals surface area contributed by atoms with E-state index in [0.717, 1.165) is 12.2 Å². The third kappa shape index (κ3) is 6.87. The van der Waals surface area contributed by atoms with Gasteiger partial charge in [-0.05, 0) is 43.3 Å². The predicted molar refractivity (Wildman–Crippen MR) is 154 cm³/mol. The number of aliphatic hydroxyl groups is 1. The number of amides is 1. The molecule has 11 heteroatoms. The van der Waals surface area contributed by atoms with E-state index in [1.165, 1.54) is 19.1 Å². The molecule has 0 saturated carbocycles. The van der Waals surface area contributed by atoms with E-state index >= 15 is 0 Å². The van der Waals surface area contributed by atoms with Gasteiger partial charge in [-0.15, -0.1) is 0 Å². The van der Waals surface area contributed by atoms with Crippen molar-refractivity contribution in [1.82, 2.24) is 0 Å². The summed E-state index contributed by atoms with van der Waals surface area (Å²) in [4.78, 5) is 27.0. The number of hydrogen-bond acceptors (Lipinski definition) is 8. The van der Waals surface area contributed by atoms with Gasteiger partial charge in [0.1, 0.15) is 30.8 Å². The highest BCUT2D eigenvalue weighted by Gasteiger charge is 2.28. The average Bonchev–Trinajstić information content (AvgIpc) is 2.99. The molecule has 0 aromatic heterocycles. The fraction of sp³-hybridized carbons (Fsp3) is 0.267. The minimum Gasteiger partial charge on any atom is -0.497 e. The SMILES string of the molecule is CCOC(=O)/C=C/C(=O)N(Cc1ccc(OC)cc1OC)c1ccc(Cl)cc1C(O)c1ccc2c(c1Cl)OCCO2. The van der Waals surface area contributed by atoms with Crippen LogP contribution in [-0.2, 0) is 20.9 Å². The molecule has 3 aromatic rings. The maximum absolute atomic E-state index is 13.6. The maximum Gasteiger partial charge on any atom is 0.330 e. The standard InChI is InChI=1S/C30H29Cl2NO8/c1-4-39-27(35)12-11-26(34)33(17-18-5-7-20(37-2)16-25(18)38-3)23-9-6-19(31)15-22(23)29(36)21-8-10-24-30(28(21)32)41-14-13-40-24/h5-12,15-16,29,36H,4,13-14,17H2,1-3H3/b12-11+. The largest absolute Gasteiger partial charge is 0.497 e. The van der Waals surface area contributed by atoms with Crippen molar-refractivity contribution in [1.29, 1.82) is 0 Å². The molecular weight excluding hydrogens is 573 g/mol. The minimum atomic E-state index is -1.31. The van der Waals surface area contributed by atoms with Gasteiger partial charge in [-0.3, -0.25) is 4.79 Å². The molecule has 0 radical (unpaired) electrons. The first kappa shape index (κ1) is 30.0. The van der Waals surface area contributed by atoms with Gasteiger partial charge in [0.05, 0.1) is 38.1 Å². The molecule has 1 amide bonds. The van der Waals surface area contributed by atoms with Gasteiger partial charge in [0.15, 0.2) is 11.5 Å². The fourth-order valence-corrected chi connectivity index (χ4v) is 4.81. The second-order valence-corrected chi connectivity index (χ2v) is 9.60. The van der Waals surface area contributed by atoms with Gasteiger partial charge in [-0.2, -0.15) is 0 Å². The van der Waals surface area contributed by atoms with Crippen LogP contribution in [0.1, 0.15) is 29.7 Å². The number of ether oxygens (including phenoxy) is 5. The third-order valence-corrected chi connectivity index (χ3v) is 6.91. The summed E-state index contributed by atoms with van der Waals surface area (Å²) in [6.07, 6.45) is 0.845. The molecule has 0 bridgehead atoms. The van der Waals surface area contributed by atoms with Crippen molar-refractivity contribution in [2.45, 2.75) is 19.6 Å². The van der Waals surface area contributed by atoms with Gasteiger partial charge in [-0.25, -0.2) is 4.79 Å². The monoisotopic (exact) mass is 601 g/mol. The molecule has 1 aliphatic heterocycles. The number of aliphatic hydroxyl groups excluding tert-OH is 1. The first-order valence-corrected chi connectivity index (χ1v) is 13.5. The van der Waals surface area contributed by atoms with E-state index in [2.05, 4.69) is 0 Å². The van der Waals surface area contributed by atoms with E-state index in [1.807, 2.05) is 0 Å². The molecule has 4 rings (SSSR count). The Balaban J connectivity index is 1.81. The summed E-state index contributed by atoms with van der Waals surface area (Å²) in [5.74, 6) is 0.619. The molecule has 1 N–H and O–H groups in total. The zero-order valence-corrected chi connectivity index (χ0v) is 24.2. The van der Waals surface area contributed by atoms with Crippen LogP contribution in [0.3, 0.4) is 0 Å². The number of nitrogens with zero attached hydrogens (tertiary/aromatic N) is 1. The molecule has 41 heavy (non-hydrogen) atoms. The van der Waals surface area contributed by atoms with Crippen LogP contribution in [0.5, 0.6) is 23.0 Å². The lowest BCUT2D eigenvalue weighted by Gasteiger charge is -2.28. The highest BCUT2D eigenvalue weighted by atomic mass is 35.5. The molecule has 0 saturated heterocycles. The van der Waals surface area contributed by atoms with Crippen molar-refractivity contribution in [3.63, 3.8) is 0 Å². The van der Waals surface area contributed by atoms with Gasteiger partial charge >= 0.3 is 5.97 Å². The van der Waals surface area contributed by atoms with E-state index in [-0.39, 0.29) is 18.2 Å². The molecule has 1 heterocycles. The molecule has 9 nitrogen and oxygen atoms in total. The summed E-state index contributed by atoms with van der Waals surface area (Å²) in [5, 5.41) is 12.1. The smallest absolute Gasteiger partial charge is 0.330 e. The van der Waals surface area contributed by atoms with Crippen molar-refractivity contribution in [2.75, 3.05) is 38.9 Å². The summed E-state index contributed by atoms with van der Waals surface area (Å²) in [5.41, 5.74) is 1.58. The molecule has 1 atom stereocenters. The van der Waals surface area contributed by atoms with Gasteiger partial charge in [0.25, 0.3) is 5.91 Å². The van der Waals surface area contributed by atoms with Gasteiger partial charge in [-0.1, -0.05) is 29.3 Å². The Labute approximate surface area is 247 Å². The third-order valence-electron chi connectivity index (χ3n) is 6.29. The van der Waals surface area contributed by atoms with Crippen molar-refractivity contribution in [3.05, 3.63) is 87.4 Å². The number of benzene rings is 3. The number of anilines is 1. The van der Waals surface area contributed by atoms with E-state index in [4.69, 9.17) is 46.9 Å². The van der Waals surface area contributed by atoms with Gasteiger partial charge < -0.3 is 33.7 Å². The summed E-state index contributed by atoms with van der Waals surface area (Å²) in [7, 11) is 3.04. The Morgan fingerprint density at radius 1 is 1.00 bits per heavy atom. The van der Waals surface area contributed by atoms with Crippen molar-refractivity contribution >= 4 is 40.8 Å². The van der Waals surface area contributed by atoms with Gasteiger partial charge in [0, 0.05) is 39.9 Å². The van der Waals surface area contributed by atoms with Crippen molar-refractivity contribution in [2.24, 2.45) is 0 Å². The average molecular weight is 602 g/mol. The Morgan fingerprint density at radius 3 is 2.51 bits per heavy atom. The molecule has 0 fully saturated rings. The van der Waals surface area contributed by atoms with Crippen LogP contribution in [0, 0.1) is 0 Å². The summed E-state index contributed by atoms with van der Waals surface area (Å²) < 4.78 is 27.0. The topological polar surface area (TPSA) is 104 Å². The molecule has 1 aliphatic rings. The van der Waals surface area contributed by atoms with E-state index < -0.39 is 18.0 Å². The van der Waals surface area contributed by atoms with Crippen molar-refractivity contribution in [3.8, 4) is 23.0 Å². The summed E-state index contributed by atoms with van der Waals surface area (Å²) in [6.45, 7) is 2.53. The Kier molecular flexibility index (Phi) is 9.99. The Hall–Kier alpha value is -3.92. The molecule has 216 valence electrons. The Bertz CT molecular complexity index is 1460. The lowest BCUT2D eigenvalue weighted by molar-refractivity contribution is -0.137. The number of esters is 1. The number of methoxy groups -OCH3 is 2. The van der Waals surface area contributed by atoms with Crippen molar-refractivity contribution < 1.29 is 38.4 Å². The number of halogens is 2. The minimum absolute atomic E-state index is 0.00932. The normalized spacial score (nSPS) is 13.0. The Morgan fingerprint density at radius 2 is 1.78 bits per heavy atom. The van der Waals surface area contributed by atoms with E-state index in [1.54, 1.807) is 55.5 Å².